The number of anilines is 1. The van der Waals surface area contributed by atoms with Crippen LogP contribution in [0.4, 0.5) is 5.13 Å². The van der Waals surface area contributed by atoms with Gasteiger partial charge in [-0.15, -0.1) is 16.4 Å². The van der Waals surface area contributed by atoms with Crippen LogP contribution in [-0.2, 0) is 31.8 Å². The molecule has 3 heterocycles. The Bertz CT molecular complexity index is 1090. The summed E-state index contributed by atoms with van der Waals surface area (Å²) in [5.74, 6) is -2.00. The van der Waals surface area contributed by atoms with Crippen molar-refractivity contribution in [3.8, 4) is 0 Å². The molecule has 2 atom stereocenters. The topological polar surface area (TPSA) is 211 Å². The zero-order chi connectivity index (χ0) is 21.3. The van der Waals surface area contributed by atoms with E-state index in [1.165, 1.54) is 24.2 Å². The molecular weight excluding hydrogens is 473 g/mol. The van der Waals surface area contributed by atoms with Gasteiger partial charge in [0.15, 0.2) is 21.1 Å². The fraction of sp³-hybridized carbons (Fsp3) is 0.364. The number of rotatable bonds is 7. The molecule has 30 heavy (non-hydrogen) atoms. The average molecular weight is 485 g/mol. The Kier molecular flexibility index (Phi) is 7.77. The molecule has 2 amide bonds. The van der Waals surface area contributed by atoms with Gasteiger partial charge in [0, 0.05) is 12.4 Å². The molecule has 2 unspecified atom stereocenters. The summed E-state index contributed by atoms with van der Waals surface area (Å²) in [5.41, 5.74) is 5.34. The van der Waals surface area contributed by atoms with E-state index >= 15 is 0 Å². The number of β-lactam (4-membered cyclic amide) rings is 1. The molecular formula is C11H12N9NaO6S3. The largest absolute Gasteiger partial charge is 1.00 e. The van der Waals surface area contributed by atoms with Crippen molar-refractivity contribution in [2.24, 2.45) is 12.2 Å². The van der Waals surface area contributed by atoms with E-state index in [-0.39, 0.29) is 55.6 Å². The Balaban J connectivity index is 0.00000320. The maximum atomic E-state index is 12.6. The Morgan fingerprint density at radius 2 is 2.20 bits per heavy atom. The van der Waals surface area contributed by atoms with Crippen molar-refractivity contribution in [3.05, 3.63) is 11.1 Å². The number of aryl methyl sites for hydroxylation is 1. The van der Waals surface area contributed by atoms with Crippen LogP contribution >= 0.6 is 23.1 Å². The Morgan fingerprint density at radius 3 is 2.70 bits per heavy atom. The number of nitrogens with one attached hydrogen (secondary N) is 1. The molecule has 0 radical (unpaired) electrons. The maximum absolute atomic E-state index is 12.6. The number of nitrogen functional groups attached to an aromatic ring is 1. The number of oxime groups is 1. The fourth-order valence-electron chi connectivity index (χ4n) is 2.25. The minimum absolute atomic E-state index is 0. The van der Waals surface area contributed by atoms with Gasteiger partial charge in [-0.05, 0) is 10.4 Å². The van der Waals surface area contributed by atoms with Gasteiger partial charge in [0.25, 0.3) is 11.8 Å². The van der Waals surface area contributed by atoms with Gasteiger partial charge >= 0.3 is 29.6 Å². The number of nitrogens with zero attached hydrogens (tertiary/aromatic N) is 7. The second-order valence-electron chi connectivity index (χ2n) is 5.33. The summed E-state index contributed by atoms with van der Waals surface area (Å²) >= 11 is 1.76. The number of tetrazole rings is 1. The van der Waals surface area contributed by atoms with Crippen LogP contribution in [0.3, 0.4) is 0 Å². The summed E-state index contributed by atoms with van der Waals surface area (Å²) < 4.78 is 35.6. The zero-order valence-corrected chi connectivity index (χ0v) is 20.1. The first-order chi connectivity index (χ1) is 13.6. The number of thioether (sulfide) groups is 1. The van der Waals surface area contributed by atoms with E-state index in [1.54, 1.807) is 0 Å². The van der Waals surface area contributed by atoms with E-state index in [4.69, 9.17) is 5.73 Å². The van der Waals surface area contributed by atoms with Crippen LogP contribution in [-0.4, -0.2) is 78.5 Å². The summed E-state index contributed by atoms with van der Waals surface area (Å²) in [4.78, 5) is 33.4. The number of carbonyl (C=O) groups is 2. The first-order valence-corrected chi connectivity index (χ1v) is 10.6. The third kappa shape index (κ3) is 4.90. The van der Waals surface area contributed by atoms with Crippen LogP contribution < -0.4 is 40.6 Å². The third-order valence-corrected chi connectivity index (χ3v) is 6.47. The van der Waals surface area contributed by atoms with E-state index in [0.717, 1.165) is 11.3 Å². The molecule has 0 aliphatic carbocycles. The molecule has 2 aromatic rings. The zero-order valence-electron chi connectivity index (χ0n) is 15.6. The molecule has 1 aliphatic heterocycles. The van der Waals surface area contributed by atoms with E-state index in [0.29, 0.717) is 11.8 Å². The molecule has 1 saturated heterocycles. The van der Waals surface area contributed by atoms with Crippen molar-refractivity contribution in [1.29, 1.82) is 0 Å². The molecule has 3 N–H and O–H groups in total. The monoisotopic (exact) mass is 485 g/mol. The van der Waals surface area contributed by atoms with Crippen molar-refractivity contribution >= 4 is 56.1 Å². The molecule has 15 nitrogen and oxygen atoms in total. The van der Waals surface area contributed by atoms with E-state index in [2.05, 4.69) is 35.8 Å². The van der Waals surface area contributed by atoms with Crippen LogP contribution in [0.1, 0.15) is 5.69 Å². The molecule has 0 saturated carbocycles. The normalized spacial score (nSPS) is 19.1. The van der Waals surface area contributed by atoms with Crippen LogP contribution in [0.15, 0.2) is 15.7 Å². The van der Waals surface area contributed by atoms with Crippen LogP contribution in [0.2, 0.25) is 0 Å². The fourth-order valence-corrected chi connectivity index (χ4v) is 4.97. The van der Waals surface area contributed by atoms with Crippen LogP contribution in [0, 0.1) is 0 Å². The van der Waals surface area contributed by atoms with Crippen molar-refractivity contribution in [2.45, 2.75) is 16.6 Å². The summed E-state index contributed by atoms with van der Waals surface area (Å²) in [7, 11) is -2.45. The van der Waals surface area contributed by atoms with Gasteiger partial charge in [0.05, 0.1) is 0 Å². The minimum Gasteiger partial charge on any atom is -0.731 e. The Labute approximate surface area is 199 Å². The van der Waals surface area contributed by atoms with Gasteiger partial charge in [0.2, 0.25) is 5.16 Å². The number of hydrogen-bond donors (Lipinski definition) is 2. The first kappa shape index (κ1) is 24.4. The minimum atomic E-state index is -5.13. The first-order valence-electron chi connectivity index (χ1n) is 7.45. The summed E-state index contributed by atoms with van der Waals surface area (Å²) in [5, 5.41) is 17.0. The smallest absolute Gasteiger partial charge is 0.731 e. The van der Waals surface area contributed by atoms with Gasteiger partial charge in [-0.2, -0.15) is 0 Å². The molecule has 1 aliphatic rings. The van der Waals surface area contributed by atoms with Crippen molar-refractivity contribution in [3.63, 3.8) is 0 Å². The van der Waals surface area contributed by atoms with Crippen molar-refractivity contribution < 1.29 is 57.0 Å². The maximum Gasteiger partial charge on any atom is 1.00 e. The molecule has 19 heteroatoms. The summed E-state index contributed by atoms with van der Waals surface area (Å²) in [6.45, 7) is 0. The van der Waals surface area contributed by atoms with Gasteiger partial charge in [0.1, 0.15) is 24.2 Å². The quantitative estimate of drug-likeness (QED) is 0.124. The number of nitrogens with two attached hydrogens (primary N) is 1. The van der Waals surface area contributed by atoms with Crippen LogP contribution in [0.25, 0.3) is 0 Å². The van der Waals surface area contributed by atoms with Crippen molar-refractivity contribution in [2.75, 3.05) is 12.8 Å². The molecule has 156 valence electrons. The predicted molar refractivity (Wildman–Crippen MR) is 97.0 cm³/mol. The van der Waals surface area contributed by atoms with Gasteiger partial charge in [-0.1, -0.05) is 16.9 Å². The number of carbonyl (C=O) groups excluding carboxylic acids is 2. The molecule has 0 aromatic carbocycles. The number of aromatic nitrogens is 5. The van der Waals surface area contributed by atoms with E-state index in [1.807, 2.05) is 0 Å². The SMILES string of the molecule is CO/N=C(/C(=O)NC1C(=O)N(S(=O)(=O)[O-])C1Sc1nnnn1C)c1csc(N)n1.[Na+]. The third-order valence-electron chi connectivity index (χ3n) is 3.50. The molecule has 0 bridgehead atoms. The second kappa shape index (κ2) is 9.54. The van der Waals surface area contributed by atoms with Gasteiger partial charge in [-0.3, -0.25) is 9.59 Å². The Hall–Kier alpha value is -1.83. The number of hydrogen-bond acceptors (Lipinski definition) is 14. The number of amides is 2. The molecule has 3 rings (SSSR count). The van der Waals surface area contributed by atoms with Crippen LogP contribution in [0.5, 0.6) is 0 Å². The van der Waals surface area contributed by atoms with Gasteiger partial charge in [-0.25, -0.2) is 22.4 Å². The molecule has 2 aromatic heterocycles. The van der Waals surface area contributed by atoms with E-state index in [9.17, 15) is 22.6 Å². The number of thiazole rings is 1. The standard InChI is InChI=1S/C11H13N9O6S3.Na/c1-19-11(15-17-18-19)28-9-6(8(22)20(9)29(23,24)25)14-7(21)5(16-26-2)4-3-27-10(12)13-4;/h3,6,9H,1-2H3,(H2,12,13)(H,14,21)(H,23,24,25);/q;+1/p-1/b16-5+;. The predicted octanol–water partition coefficient (Wildman–Crippen LogP) is -5.49. The Morgan fingerprint density at radius 1 is 1.50 bits per heavy atom. The summed E-state index contributed by atoms with van der Waals surface area (Å²) in [6, 6.07) is -1.37. The van der Waals surface area contributed by atoms with Crippen molar-refractivity contribution in [1.82, 2.24) is 34.8 Å². The van der Waals surface area contributed by atoms with Gasteiger partial charge < -0.3 is 20.4 Å². The summed E-state index contributed by atoms with van der Waals surface area (Å²) in [6.07, 6.45) is 0. The second-order valence-corrected chi connectivity index (χ2v) is 8.55. The molecule has 1 fully saturated rings. The van der Waals surface area contributed by atoms with E-state index < -0.39 is 33.5 Å². The average Bonchev–Trinajstić information content (AvgIpc) is 3.24. The molecule has 0 spiro atoms.